The van der Waals surface area contributed by atoms with Crippen LogP contribution >= 0.6 is 0 Å². The average Bonchev–Trinajstić information content (AvgIpc) is 3.15. The van der Waals surface area contributed by atoms with Crippen molar-refractivity contribution in [1.82, 2.24) is 24.6 Å². The molecule has 0 bridgehead atoms. The quantitative estimate of drug-likeness (QED) is 0.491. The van der Waals surface area contributed by atoms with Gasteiger partial charge in [0.2, 0.25) is 0 Å². The third-order valence-corrected chi connectivity index (χ3v) is 6.04. The van der Waals surface area contributed by atoms with Crippen molar-refractivity contribution in [3.63, 3.8) is 0 Å². The van der Waals surface area contributed by atoms with E-state index in [-0.39, 0.29) is 17.7 Å². The Morgan fingerprint density at radius 3 is 2.66 bits per heavy atom. The molecule has 0 saturated heterocycles. The lowest BCUT2D eigenvalue weighted by Gasteiger charge is -2.33. The highest BCUT2D eigenvalue weighted by Crippen LogP contribution is 2.37. The lowest BCUT2D eigenvalue weighted by atomic mass is 9.95. The molecule has 32 heavy (non-hydrogen) atoms. The van der Waals surface area contributed by atoms with Crippen LogP contribution in [0.5, 0.6) is 5.75 Å². The lowest BCUT2D eigenvalue weighted by molar-refractivity contribution is 0.0674. The molecule has 1 aliphatic rings. The van der Waals surface area contributed by atoms with Gasteiger partial charge in [-0.05, 0) is 49.7 Å². The zero-order valence-corrected chi connectivity index (χ0v) is 18.0. The smallest absolute Gasteiger partial charge is 0.254 e. The van der Waals surface area contributed by atoms with E-state index in [1.807, 2.05) is 31.0 Å². The molecule has 3 heterocycles. The molecule has 0 fully saturated rings. The van der Waals surface area contributed by atoms with Gasteiger partial charge in [0.05, 0.1) is 35.6 Å². The number of ether oxygens (including phenoxy) is 1. The van der Waals surface area contributed by atoms with Gasteiger partial charge in [-0.25, -0.2) is 4.39 Å². The highest BCUT2D eigenvalue weighted by molar-refractivity contribution is 5.97. The summed E-state index contributed by atoms with van der Waals surface area (Å²) in [6.45, 7) is 2.52. The Bertz CT molecular complexity index is 1350. The fraction of sp³-hybridized carbons (Fsp3) is 0.250. The van der Waals surface area contributed by atoms with Crippen LogP contribution in [0.25, 0.3) is 22.3 Å². The highest BCUT2D eigenvalue weighted by atomic mass is 19.1. The van der Waals surface area contributed by atoms with Crippen molar-refractivity contribution in [3.8, 4) is 17.0 Å². The molecule has 5 rings (SSSR count). The van der Waals surface area contributed by atoms with Crippen LogP contribution in [0.1, 0.15) is 34.6 Å². The van der Waals surface area contributed by atoms with Gasteiger partial charge >= 0.3 is 0 Å². The molecule has 0 spiro atoms. The van der Waals surface area contributed by atoms with Gasteiger partial charge in [-0.1, -0.05) is 0 Å². The molecule has 7 nitrogen and oxygen atoms in total. The van der Waals surface area contributed by atoms with Crippen LogP contribution < -0.4 is 4.74 Å². The predicted molar refractivity (Wildman–Crippen MR) is 118 cm³/mol. The maximum Gasteiger partial charge on any atom is 0.254 e. The number of carbonyl (C=O) groups is 1. The second-order valence-electron chi connectivity index (χ2n) is 7.87. The van der Waals surface area contributed by atoms with Gasteiger partial charge in [0.15, 0.2) is 11.6 Å². The maximum absolute atomic E-state index is 14.3. The SMILES string of the molecule is COc1ccc(-c2c3c(nn2C)[C@H](C)N(C(=O)c2ccc4nccnc4c2)CC3)cc1F. The van der Waals surface area contributed by atoms with Crippen molar-refractivity contribution in [3.05, 3.63) is 71.4 Å². The van der Waals surface area contributed by atoms with Crippen LogP contribution in [0.15, 0.2) is 48.8 Å². The predicted octanol–water partition coefficient (Wildman–Crippen LogP) is 3.94. The number of methoxy groups -OCH3 is 1. The van der Waals surface area contributed by atoms with Crippen molar-refractivity contribution in [2.45, 2.75) is 19.4 Å². The number of nitrogens with zero attached hydrogens (tertiary/aromatic N) is 5. The van der Waals surface area contributed by atoms with Crippen molar-refractivity contribution < 1.29 is 13.9 Å². The third-order valence-electron chi connectivity index (χ3n) is 6.04. The Kier molecular flexibility index (Phi) is 4.84. The standard InChI is InChI=1S/C24H22FN5O2/c1-14-22-17(23(29(2)28-22)15-5-7-21(32-3)18(25)12-15)8-11-30(14)24(31)16-4-6-19-20(13-16)27-10-9-26-19/h4-7,9-10,12-14H,8,11H2,1-3H3/t14-/m0/s1. The van der Waals surface area contributed by atoms with Crippen LogP contribution in [0, 0.1) is 5.82 Å². The maximum atomic E-state index is 14.3. The van der Waals surface area contributed by atoms with Gasteiger partial charge < -0.3 is 9.64 Å². The number of hydrogen-bond acceptors (Lipinski definition) is 5. The summed E-state index contributed by atoms with van der Waals surface area (Å²) < 4.78 is 21.1. The van der Waals surface area contributed by atoms with Crippen molar-refractivity contribution in [2.75, 3.05) is 13.7 Å². The highest BCUT2D eigenvalue weighted by Gasteiger charge is 2.33. The molecule has 0 aliphatic carbocycles. The van der Waals surface area contributed by atoms with Gasteiger partial charge in [-0.2, -0.15) is 5.10 Å². The van der Waals surface area contributed by atoms with E-state index in [4.69, 9.17) is 9.84 Å². The van der Waals surface area contributed by atoms with E-state index in [1.165, 1.54) is 13.2 Å². The molecule has 0 saturated carbocycles. The number of aromatic nitrogens is 4. The van der Waals surface area contributed by atoms with Crippen LogP contribution in [-0.4, -0.2) is 44.2 Å². The zero-order valence-electron chi connectivity index (χ0n) is 18.0. The summed E-state index contributed by atoms with van der Waals surface area (Å²) in [4.78, 5) is 23.7. The number of benzene rings is 2. The summed E-state index contributed by atoms with van der Waals surface area (Å²) in [5.41, 5.74) is 5.48. The van der Waals surface area contributed by atoms with E-state index >= 15 is 0 Å². The zero-order chi connectivity index (χ0) is 22.4. The largest absolute Gasteiger partial charge is 0.494 e. The van der Waals surface area contributed by atoms with E-state index in [9.17, 15) is 9.18 Å². The molecule has 1 atom stereocenters. The number of rotatable bonds is 3. The van der Waals surface area contributed by atoms with Gasteiger partial charge in [-0.3, -0.25) is 19.4 Å². The van der Waals surface area contributed by atoms with Gasteiger partial charge in [0, 0.05) is 42.7 Å². The summed E-state index contributed by atoms with van der Waals surface area (Å²) >= 11 is 0. The van der Waals surface area contributed by atoms with Crippen LogP contribution in [0.4, 0.5) is 4.39 Å². The first kappa shape index (κ1) is 20.1. The van der Waals surface area contributed by atoms with Crippen molar-refractivity contribution in [2.24, 2.45) is 7.05 Å². The molecule has 4 aromatic rings. The molecule has 162 valence electrons. The minimum Gasteiger partial charge on any atom is -0.494 e. The Morgan fingerprint density at radius 2 is 1.91 bits per heavy atom. The number of halogens is 1. The molecule has 1 amide bonds. The first-order chi connectivity index (χ1) is 15.5. The van der Waals surface area contributed by atoms with E-state index in [1.54, 1.807) is 35.3 Å². The molecular weight excluding hydrogens is 409 g/mol. The van der Waals surface area contributed by atoms with Gasteiger partial charge in [-0.15, -0.1) is 0 Å². The topological polar surface area (TPSA) is 73.1 Å². The summed E-state index contributed by atoms with van der Waals surface area (Å²) in [6.07, 6.45) is 3.88. The third kappa shape index (κ3) is 3.19. The molecule has 0 N–H and O–H groups in total. The fourth-order valence-corrected chi connectivity index (χ4v) is 4.46. The Morgan fingerprint density at radius 1 is 1.12 bits per heavy atom. The van der Waals surface area contributed by atoms with Crippen LogP contribution in [-0.2, 0) is 13.5 Å². The second kappa shape index (κ2) is 7.71. The molecule has 2 aromatic carbocycles. The summed E-state index contributed by atoms with van der Waals surface area (Å²) in [5.74, 6) is -0.284. The normalized spacial score (nSPS) is 15.6. The summed E-state index contributed by atoms with van der Waals surface area (Å²) in [6, 6.07) is 10.1. The number of amides is 1. The minimum absolute atomic E-state index is 0.0709. The molecular formula is C24H22FN5O2. The van der Waals surface area contributed by atoms with Crippen LogP contribution in [0.3, 0.4) is 0 Å². The van der Waals surface area contributed by atoms with Crippen LogP contribution in [0.2, 0.25) is 0 Å². The lowest BCUT2D eigenvalue weighted by Crippen LogP contribution is -2.38. The summed E-state index contributed by atoms with van der Waals surface area (Å²) in [5, 5.41) is 4.70. The molecule has 0 radical (unpaired) electrons. The van der Waals surface area contributed by atoms with E-state index in [0.29, 0.717) is 24.0 Å². The molecule has 1 aliphatic heterocycles. The molecule has 0 unspecified atom stereocenters. The minimum atomic E-state index is -0.417. The Labute approximate surface area is 184 Å². The van der Waals surface area contributed by atoms with E-state index in [2.05, 4.69) is 9.97 Å². The van der Waals surface area contributed by atoms with Gasteiger partial charge in [0.25, 0.3) is 5.91 Å². The fourth-order valence-electron chi connectivity index (χ4n) is 4.46. The van der Waals surface area contributed by atoms with E-state index in [0.717, 1.165) is 28.0 Å². The average molecular weight is 431 g/mol. The Hall–Kier alpha value is -3.81. The molecule has 8 heteroatoms. The first-order valence-electron chi connectivity index (χ1n) is 10.4. The Balaban J connectivity index is 1.48. The number of hydrogen-bond donors (Lipinski definition) is 0. The van der Waals surface area contributed by atoms with Gasteiger partial charge in [0.1, 0.15) is 0 Å². The number of fused-ring (bicyclic) bond motifs is 2. The van der Waals surface area contributed by atoms with Crippen molar-refractivity contribution >= 4 is 16.9 Å². The summed E-state index contributed by atoms with van der Waals surface area (Å²) in [7, 11) is 3.29. The number of aryl methyl sites for hydroxylation is 1. The van der Waals surface area contributed by atoms with Crippen molar-refractivity contribution in [1.29, 1.82) is 0 Å². The molecule has 2 aromatic heterocycles. The number of carbonyl (C=O) groups excluding carboxylic acids is 1. The van der Waals surface area contributed by atoms with E-state index < -0.39 is 5.82 Å². The first-order valence-corrected chi connectivity index (χ1v) is 10.4. The monoisotopic (exact) mass is 431 g/mol. The second-order valence-corrected chi connectivity index (χ2v) is 7.87.